The molecule has 0 spiro atoms. The number of amides is 1. The molecule has 0 atom stereocenters. The quantitative estimate of drug-likeness (QED) is 0.866. The van der Waals surface area contributed by atoms with Crippen LogP contribution < -0.4 is 10.1 Å². The first-order chi connectivity index (χ1) is 8.18. The third-order valence-corrected chi connectivity index (χ3v) is 3.03. The van der Waals surface area contributed by atoms with Gasteiger partial charge in [-0.25, -0.2) is 0 Å². The Morgan fingerprint density at radius 2 is 1.83 bits per heavy atom. The molecule has 18 heavy (non-hydrogen) atoms. The Morgan fingerprint density at radius 3 is 2.28 bits per heavy atom. The summed E-state index contributed by atoms with van der Waals surface area (Å²) in [5.41, 5.74) is 2.19. The number of nitrogens with one attached hydrogen (secondary N) is 1. The molecule has 0 fully saturated rings. The number of carbonyl (C=O) groups is 1. The van der Waals surface area contributed by atoms with E-state index in [0.717, 1.165) is 22.4 Å². The average Bonchev–Trinajstić information content (AvgIpc) is 2.24. The van der Waals surface area contributed by atoms with Crippen molar-refractivity contribution >= 4 is 11.6 Å². The monoisotopic (exact) mass is 251 g/mol. The van der Waals surface area contributed by atoms with Crippen molar-refractivity contribution in [1.29, 1.82) is 0 Å². The summed E-state index contributed by atoms with van der Waals surface area (Å²) in [6, 6.07) is 1.85. The van der Waals surface area contributed by atoms with Crippen molar-refractivity contribution in [3.05, 3.63) is 22.8 Å². The number of aliphatic hydroxyl groups is 1. The number of hydrogen-bond acceptors (Lipinski definition) is 3. The van der Waals surface area contributed by atoms with Gasteiger partial charge in [0, 0.05) is 5.69 Å². The molecule has 0 aromatic heterocycles. The molecule has 4 nitrogen and oxygen atoms in total. The third-order valence-electron chi connectivity index (χ3n) is 3.03. The van der Waals surface area contributed by atoms with E-state index in [4.69, 9.17) is 4.74 Å². The minimum Gasteiger partial charge on any atom is -0.496 e. The first kappa shape index (κ1) is 14.5. The Kier molecular flexibility index (Phi) is 4.02. The van der Waals surface area contributed by atoms with Crippen LogP contribution in [0.3, 0.4) is 0 Å². The topological polar surface area (TPSA) is 58.6 Å². The summed E-state index contributed by atoms with van der Waals surface area (Å²) < 4.78 is 5.32. The van der Waals surface area contributed by atoms with Crippen LogP contribution in [0.5, 0.6) is 5.75 Å². The number of carbonyl (C=O) groups excluding carboxylic acids is 1. The van der Waals surface area contributed by atoms with E-state index in [1.165, 1.54) is 13.8 Å². The lowest BCUT2D eigenvalue weighted by Gasteiger charge is -2.20. The molecule has 1 amide bonds. The zero-order valence-electron chi connectivity index (χ0n) is 11.8. The van der Waals surface area contributed by atoms with Crippen molar-refractivity contribution in [2.24, 2.45) is 0 Å². The number of anilines is 1. The second kappa shape index (κ2) is 4.98. The summed E-state index contributed by atoms with van der Waals surface area (Å²) in [5, 5.41) is 12.4. The molecule has 0 aliphatic heterocycles. The minimum atomic E-state index is -1.39. The molecule has 0 aliphatic carbocycles. The summed E-state index contributed by atoms with van der Waals surface area (Å²) in [4.78, 5) is 11.8. The van der Waals surface area contributed by atoms with E-state index in [1.54, 1.807) is 7.11 Å². The molecule has 0 saturated heterocycles. The summed E-state index contributed by atoms with van der Waals surface area (Å²) in [6.45, 7) is 8.70. The Morgan fingerprint density at radius 1 is 1.28 bits per heavy atom. The minimum absolute atomic E-state index is 0.422. The molecule has 0 aliphatic rings. The second-order valence-corrected chi connectivity index (χ2v) is 5.04. The van der Waals surface area contributed by atoms with Crippen molar-refractivity contribution in [1.82, 2.24) is 0 Å². The van der Waals surface area contributed by atoms with Crippen molar-refractivity contribution in [3.63, 3.8) is 0 Å². The van der Waals surface area contributed by atoms with E-state index >= 15 is 0 Å². The molecule has 100 valence electrons. The van der Waals surface area contributed by atoms with Gasteiger partial charge in [-0.15, -0.1) is 0 Å². The molecule has 0 saturated carbocycles. The van der Waals surface area contributed by atoms with Gasteiger partial charge in [-0.1, -0.05) is 0 Å². The van der Waals surface area contributed by atoms with Gasteiger partial charge in [-0.05, 0) is 57.4 Å². The van der Waals surface area contributed by atoms with Gasteiger partial charge in [-0.2, -0.15) is 0 Å². The summed E-state index contributed by atoms with van der Waals surface area (Å²) in [5.74, 6) is 0.406. The number of methoxy groups -OCH3 is 1. The second-order valence-electron chi connectivity index (χ2n) is 5.04. The zero-order valence-corrected chi connectivity index (χ0v) is 11.8. The number of ether oxygens (including phenoxy) is 1. The Hall–Kier alpha value is -1.55. The molecule has 2 N–H and O–H groups in total. The highest BCUT2D eigenvalue weighted by Gasteiger charge is 2.24. The van der Waals surface area contributed by atoms with E-state index in [0.29, 0.717) is 5.69 Å². The number of benzene rings is 1. The van der Waals surface area contributed by atoms with Gasteiger partial charge < -0.3 is 15.2 Å². The summed E-state index contributed by atoms with van der Waals surface area (Å²) in [6.07, 6.45) is 0. The van der Waals surface area contributed by atoms with E-state index in [-0.39, 0.29) is 0 Å². The highest BCUT2D eigenvalue weighted by molar-refractivity contribution is 5.97. The van der Waals surface area contributed by atoms with E-state index in [2.05, 4.69) is 5.32 Å². The van der Waals surface area contributed by atoms with Crippen LogP contribution in [-0.4, -0.2) is 23.7 Å². The fourth-order valence-electron chi connectivity index (χ4n) is 1.78. The van der Waals surface area contributed by atoms with Crippen LogP contribution in [0.1, 0.15) is 30.5 Å². The fourth-order valence-corrected chi connectivity index (χ4v) is 1.78. The predicted octanol–water partition coefficient (Wildman–Crippen LogP) is 2.33. The summed E-state index contributed by atoms with van der Waals surface area (Å²) in [7, 11) is 1.63. The van der Waals surface area contributed by atoms with Crippen LogP contribution in [0.15, 0.2) is 6.07 Å². The van der Waals surface area contributed by atoms with E-state index in [1.807, 2.05) is 26.8 Å². The molecule has 1 aromatic carbocycles. The van der Waals surface area contributed by atoms with Gasteiger partial charge >= 0.3 is 0 Å². The third kappa shape index (κ3) is 2.82. The van der Waals surface area contributed by atoms with Gasteiger partial charge in [0.15, 0.2) is 0 Å². The van der Waals surface area contributed by atoms with Gasteiger partial charge in [0.1, 0.15) is 11.4 Å². The van der Waals surface area contributed by atoms with Crippen molar-refractivity contribution in [2.75, 3.05) is 12.4 Å². The molecule has 0 unspecified atom stereocenters. The number of rotatable bonds is 3. The highest BCUT2D eigenvalue weighted by Crippen LogP contribution is 2.31. The van der Waals surface area contributed by atoms with Gasteiger partial charge in [-0.3, -0.25) is 4.79 Å². The predicted molar refractivity (Wildman–Crippen MR) is 72.1 cm³/mol. The molecule has 1 rings (SSSR count). The van der Waals surface area contributed by atoms with Crippen molar-refractivity contribution in [3.8, 4) is 5.75 Å². The van der Waals surface area contributed by atoms with Crippen molar-refractivity contribution in [2.45, 2.75) is 40.2 Å². The average molecular weight is 251 g/mol. The fraction of sp³-hybridized carbons (Fsp3) is 0.500. The van der Waals surface area contributed by atoms with Gasteiger partial charge in [0.2, 0.25) is 0 Å². The van der Waals surface area contributed by atoms with Gasteiger partial charge in [0.25, 0.3) is 5.91 Å². The highest BCUT2D eigenvalue weighted by atomic mass is 16.5. The SMILES string of the molecule is COc1c(C)cc(NC(=O)C(C)(C)O)c(C)c1C. The molecule has 0 radical (unpaired) electrons. The van der Waals surface area contributed by atoms with Crippen LogP contribution in [0.25, 0.3) is 0 Å². The van der Waals surface area contributed by atoms with Crippen LogP contribution >= 0.6 is 0 Å². The lowest BCUT2D eigenvalue weighted by molar-refractivity contribution is -0.130. The smallest absolute Gasteiger partial charge is 0.255 e. The Balaban J connectivity index is 3.17. The Bertz CT molecular complexity index is 473. The molecule has 0 bridgehead atoms. The lowest BCUT2D eigenvalue weighted by atomic mass is 10.0. The molecule has 0 heterocycles. The summed E-state index contributed by atoms with van der Waals surface area (Å²) >= 11 is 0. The first-order valence-corrected chi connectivity index (χ1v) is 5.87. The van der Waals surface area contributed by atoms with Crippen LogP contribution in [0.4, 0.5) is 5.69 Å². The van der Waals surface area contributed by atoms with Gasteiger partial charge in [0.05, 0.1) is 7.11 Å². The lowest BCUT2D eigenvalue weighted by Crippen LogP contribution is -2.36. The zero-order chi connectivity index (χ0) is 14.1. The standard InChI is InChI=1S/C14H21NO3/c1-8-7-11(15-13(16)14(4,5)17)9(2)10(3)12(8)18-6/h7,17H,1-6H3,(H,15,16). The van der Waals surface area contributed by atoms with E-state index < -0.39 is 11.5 Å². The first-order valence-electron chi connectivity index (χ1n) is 5.87. The molecule has 4 heteroatoms. The molecular formula is C14H21NO3. The largest absolute Gasteiger partial charge is 0.496 e. The van der Waals surface area contributed by atoms with E-state index in [9.17, 15) is 9.90 Å². The van der Waals surface area contributed by atoms with Crippen LogP contribution in [0.2, 0.25) is 0 Å². The molecule has 1 aromatic rings. The maximum absolute atomic E-state index is 11.8. The maximum atomic E-state index is 11.8. The maximum Gasteiger partial charge on any atom is 0.255 e. The number of hydrogen-bond donors (Lipinski definition) is 2. The van der Waals surface area contributed by atoms with Crippen LogP contribution in [-0.2, 0) is 4.79 Å². The molecular weight excluding hydrogens is 230 g/mol. The normalized spacial score (nSPS) is 11.3. The Labute approximate surface area is 108 Å². The number of aryl methyl sites for hydroxylation is 1. The van der Waals surface area contributed by atoms with Crippen molar-refractivity contribution < 1.29 is 14.6 Å². The van der Waals surface area contributed by atoms with Crippen LogP contribution in [0, 0.1) is 20.8 Å².